The predicted molar refractivity (Wildman–Crippen MR) is 96.3 cm³/mol. The average molecular weight is 324 g/mol. The van der Waals surface area contributed by atoms with Crippen molar-refractivity contribution in [2.75, 3.05) is 19.8 Å². The molecule has 3 nitrogen and oxygen atoms in total. The largest absolute Gasteiger partial charge is 0.395 e. The van der Waals surface area contributed by atoms with Gasteiger partial charge in [0.25, 0.3) is 0 Å². The zero-order valence-corrected chi connectivity index (χ0v) is 15.6. The van der Waals surface area contributed by atoms with Gasteiger partial charge in [0.2, 0.25) is 0 Å². The van der Waals surface area contributed by atoms with Gasteiger partial charge in [-0.15, -0.1) is 0 Å². The molecule has 1 aromatic rings. The van der Waals surface area contributed by atoms with Gasteiger partial charge in [0.05, 0.1) is 0 Å². The summed E-state index contributed by atoms with van der Waals surface area (Å²) in [5.74, 6) is 0. The minimum Gasteiger partial charge on any atom is -0.395 e. The van der Waals surface area contributed by atoms with E-state index in [-0.39, 0.29) is 0 Å². The highest BCUT2D eigenvalue weighted by molar-refractivity contribution is 6.66. The molecule has 0 aliphatic carbocycles. The summed E-state index contributed by atoms with van der Waals surface area (Å²) in [5, 5.41) is 3.51. The Morgan fingerprint density at radius 2 is 1.55 bits per heavy atom. The van der Waals surface area contributed by atoms with Crippen LogP contribution in [0.15, 0.2) is 30.3 Å². The standard InChI is InChI=1S/C18H33NO2Si/c1-4-20-22(3,21-5-2)16-12-7-6-11-15-19-17-18-13-9-8-10-14-18/h8-10,13-14,19H,4-7,11-12,15-17H2,1-3H3. The molecule has 0 amide bonds. The van der Waals surface area contributed by atoms with Crippen molar-refractivity contribution in [3.05, 3.63) is 35.9 Å². The number of nitrogens with one attached hydrogen (secondary N) is 1. The van der Waals surface area contributed by atoms with Crippen LogP contribution in [0.25, 0.3) is 0 Å². The minimum atomic E-state index is -1.88. The van der Waals surface area contributed by atoms with Crippen molar-refractivity contribution in [1.82, 2.24) is 5.32 Å². The van der Waals surface area contributed by atoms with E-state index < -0.39 is 8.56 Å². The number of rotatable bonds is 13. The fourth-order valence-corrected chi connectivity index (χ4v) is 5.16. The van der Waals surface area contributed by atoms with Crippen LogP contribution in [0.3, 0.4) is 0 Å². The number of hydrogen-bond donors (Lipinski definition) is 1. The highest BCUT2D eigenvalue weighted by Gasteiger charge is 2.29. The lowest BCUT2D eigenvalue weighted by Gasteiger charge is -2.25. The topological polar surface area (TPSA) is 30.5 Å². The Bertz CT molecular complexity index is 367. The zero-order chi connectivity index (χ0) is 16.1. The van der Waals surface area contributed by atoms with E-state index in [4.69, 9.17) is 8.85 Å². The second kappa shape index (κ2) is 11.8. The molecule has 1 aromatic carbocycles. The molecule has 4 heteroatoms. The maximum absolute atomic E-state index is 5.87. The summed E-state index contributed by atoms with van der Waals surface area (Å²) in [6, 6.07) is 11.7. The Kier molecular flexibility index (Phi) is 10.4. The van der Waals surface area contributed by atoms with E-state index in [9.17, 15) is 0 Å². The Labute approximate surface area is 137 Å². The third kappa shape index (κ3) is 8.69. The van der Waals surface area contributed by atoms with Gasteiger partial charge in [-0.3, -0.25) is 0 Å². The first kappa shape index (κ1) is 19.4. The van der Waals surface area contributed by atoms with E-state index in [2.05, 4.69) is 56.0 Å². The van der Waals surface area contributed by atoms with Crippen LogP contribution in [-0.4, -0.2) is 28.3 Å². The van der Waals surface area contributed by atoms with E-state index in [0.29, 0.717) is 0 Å². The molecule has 0 aliphatic rings. The second-order valence-electron chi connectivity index (χ2n) is 5.83. The Morgan fingerprint density at radius 1 is 0.909 bits per heavy atom. The molecule has 0 unspecified atom stereocenters. The van der Waals surface area contributed by atoms with Crippen LogP contribution in [-0.2, 0) is 15.4 Å². The molecular weight excluding hydrogens is 290 g/mol. The lowest BCUT2D eigenvalue weighted by atomic mass is 10.2. The smallest absolute Gasteiger partial charge is 0.334 e. The number of benzene rings is 1. The Balaban J connectivity index is 2.00. The van der Waals surface area contributed by atoms with Gasteiger partial charge in [-0.25, -0.2) is 0 Å². The molecular formula is C18H33NO2Si. The van der Waals surface area contributed by atoms with E-state index in [1.807, 2.05) is 0 Å². The van der Waals surface area contributed by atoms with Gasteiger partial charge in [-0.2, -0.15) is 0 Å². The molecule has 0 aromatic heterocycles. The van der Waals surface area contributed by atoms with Gasteiger partial charge in [0, 0.05) is 19.8 Å². The summed E-state index contributed by atoms with van der Waals surface area (Å²) in [6.07, 6.45) is 5.02. The SMILES string of the molecule is CCO[Si](C)(CCCCCCNCc1ccccc1)OCC. The van der Waals surface area contributed by atoms with Gasteiger partial charge in [0.1, 0.15) is 0 Å². The first-order valence-electron chi connectivity index (χ1n) is 8.72. The summed E-state index contributed by atoms with van der Waals surface area (Å²) in [4.78, 5) is 0. The van der Waals surface area contributed by atoms with Crippen molar-refractivity contribution < 1.29 is 8.85 Å². The Hall–Kier alpha value is -0.683. The van der Waals surface area contributed by atoms with Crippen LogP contribution < -0.4 is 5.32 Å². The van der Waals surface area contributed by atoms with Gasteiger partial charge in [-0.05, 0) is 45.0 Å². The van der Waals surface area contributed by atoms with Crippen molar-refractivity contribution in [3.8, 4) is 0 Å². The number of unbranched alkanes of at least 4 members (excludes halogenated alkanes) is 3. The van der Waals surface area contributed by atoms with Crippen LogP contribution in [0.2, 0.25) is 12.6 Å². The molecule has 0 atom stereocenters. The molecule has 0 heterocycles. The third-order valence-corrected chi connectivity index (χ3v) is 6.87. The average Bonchev–Trinajstić information content (AvgIpc) is 2.51. The molecule has 0 aliphatic heterocycles. The van der Waals surface area contributed by atoms with E-state index in [1.54, 1.807) is 0 Å². The van der Waals surface area contributed by atoms with Gasteiger partial charge in [-0.1, -0.05) is 49.6 Å². The molecule has 22 heavy (non-hydrogen) atoms. The van der Waals surface area contributed by atoms with Gasteiger partial charge < -0.3 is 14.2 Å². The van der Waals surface area contributed by atoms with Crippen LogP contribution in [0, 0.1) is 0 Å². The molecule has 0 saturated carbocycles. The molecule has 0 bridgehead atoms. The summed E-state index contributed by atoms with van der Waals surface area (Å²) < 4.78 is 11.7. The van der Waals surface area contributed by atoms with Crippen molar-refractivity contribution in [1.29, 1.82) is 0 Å². The second-order valence-corrected chi connectivity index (χ2v) is 9.17. The van der Waals surface area contributed by atoms with Gasteiger partial charge in [0.15, 0.2) is 0 Å². The van der Waals surface area contributed by atoms with Crippen molar-refractivity contribution in [3.63, 3.8) is 0 Å². The van der Waals surface area contributed by atoms with Gasteiger partial charge >= 0.3 is 8.56 Å². The lowest BCUT2D eigenvalue weighted by Crippen LogP contribution is -2.38. The molecule has 0 fully saturated rings. The Morgan fingerprint density at radius 3 is 2.18 bits per heavy atom. The highest BCUT2D eigenvalue weighted by Crippen LogP contribution is 2.18. The maximum Gasteiger partial charge on any atom is 0.334 e. The predicted octanol–water partition coefficient (Wildman–Crippen LogP) is 4.48. The molecule has 0 saturated heterocycles. The van der Waals surface area contributed by atoms with Crippen LogP contribution >= 0.6 is 0 Å². The first-order chi connectivity index (χ1) is 10.7. The summed E-state index contributed by atoms with van der Waals surface area (Å²) >= 11 is 0. The van der Waals surface area contributed by atoms with E-state index in [0.717, 1.165) is 32.3 Å². The van der Waals surface area contributed by atoms with Crippen molar-refractivity contribution in [2.45, 2.75) is 58.7 Å². The quantitative estimate of drug-likeness (QED) is 0.429. The maximum atomic E-state index is 5.87. The fraction of sp³-hybridized carbons (Fsp3) is 0.667. The monoisotopic (exact) mass is 323 g/mol. The summed E-state index contributed by atoms with van der Waals surface area (Å²) in [7, 11) is -1.88. The third-order valence-electron chi connectivity index (χ3n) is 3.81. The van der Waals surface area contributed by atoms with E-state index in [1.165, 1.54) is 31.2 Å². The normalized spacial score (nSPS) is 11.8. The minimum absolute atomic E-state index is 0.770. The van der Waals surface area contributed by atoms with Crippen LogP contribution in [0.4, 0.5) is 0 Å². The van der Waals surface area contributed by atoms with Crippen molar-refractivity contribution in [2.24, 2.45) is 0 Å². The van der Waals surface area contributed by atoms with E-state index >= 15 is 0 Å². The molecule has 126 valence electrons. The summed E-state index contributed by atoms with van der Waals surface area (Å²) in [5.41, 5.74) is 1.36. The zero-order valence-electron chi connectivity index (χ0n) is 14.6. The molecule has 0 radical (unpaired) electrons. The molecule has 1 N–H and O–H groups in total. The number of hydrogen-bond acceptors (Lipinski definition) is 3. The molecule has 0 spiro atoms. The fourth-order valence-electron chi connectivity index (χ4n) is 2.67. The highest BCUT2D eigenvalue weighted by atomic mass is 28.4. The summed E-state index contributed by atoms with van der Waals surface area (Å²) in [6.45, 7) is 9.92. The first-order valence-corrected chi connectivity index (χ1v) is 11.2. The van der Waals surface area contributed by atoms with Crippen molar-refractivity contribution >= 4 is 8.56 Å². The van der Waals surface area contributed by atoms with Crippen LogP contribution in [0.5, 0.6) is 0 Å². The lowest BCUT2D eigenvalue weighted by molar-refractivity contribution is 0.188. The van der Waals surface area contributed by atoms with Crippen LogP contribution in [0.1, 0.15) is 45.1 Å². The molecule has 1 rings (SSSR count).